The molecule has 2 aromatic rings. The number of aromatic nitrogens is 2. The van der Waals surface area contributed by atoms with E-state index in [0.29, 0.717) is 51.5 Å². The normalized spacial score (nSPS) is 19.8. The molecular weight excluding hydrogens is 382 g/mol. The third-order valence-corrected chi connectivity index (χ3v) is 7.10. The number of amides is 1. The van der Waals surface area contributed by atoms with Crippen LogP contribution < -0.4 is 5.32 Å². The predicted molar refractivity (Wildman–Crippen MR) is 103 cm³/mol. The summed E-state index contributed by atoms with van der Waals surface area (Å²) in [6.07, 6.45) is 0. The molecule has 1 aromatic carbocycles. The molecule has 0 saturated carbocycles. The fourth-order valence-corrected chi connectivity index (χ4v) is 5.18. The van der Waals surface area contributed by atoms with Crippen LogP contribution in [-0.2, 0) is 32.6 Å². The molecule has 1 aromatic heterocycles. The number of nitrogens with zero attached hydrogens (tertiary/aromatic N) is 4. The van der Waals surface area contributed by atoms with Crippen LogP contribution in [0.5, 0.6) is 0 Å². The number of rotatable bonds is 5. The van der Waals surface area contributed by atoms with Gasteiger partial charge in [0, 0.05) is 32.7 Å². The van der Waals surface area contributed by atoms with E-state index < -0.39 is 10.0 Å². The Morgan fingerprint density at radius 1 is 1.21 bits per heavy atom. The maximum absolute atomic E-state index is 12.9. The van der Waals surface area contributed by atoms with E-state index in [0.717, 1.165) is 24.4 Å². The van der Waals surface area contributed by atoms with Crippen molar-refractivity contribution in [1.29, 1.82) is 0 Å². The fourth-order valence-electron chi connectivity index (χ4n) is 3.76. The highest BCUT2D eigenvalue weighted by Crippen LogP contribution is 2.24. The Bertz CT molecular complexity index is 981. The van der Waals surface area contributed by atoms with Crippen molar-refractivity contribution < 1.29 is 17.9 Å². The summed E-state index contributed by atoms with van der Waals surface area (Å²) in [6.45, 7) is 6.64. The molecule has 9 nitrogen and oxygen atoms in total. The number of carbonyl (C=O) groups excluding carboxylic acids is 1. The van der Waals surface area contributed by atoms with Gasteiger partial charge in [-0.15, -0.1) is 0 Å². The first-order chi connectivity index (χ1) is 13.5. The van der Waals surface area contributed by atoms with Crippen LogP contribution in [0, 0.1) is 0 Å². The number of morpholine rings is 1. The van der Waals surface area contributed by atoms with Crippen LogP contribution in [0.4, 0.5) is 0 Å². The molecule has 0 radical (unpaired) electrons. The van der Waals surface area contributed by atoms with Gasteiger partial charge < -0.3 is 14.6 Å². The van der Waals surface area contributed by atoms with Crippen molar-refractivity contribution in [2.75, 3.05) is 45.9 Å². The number of aryl methyl sites for hydroxylation is 1. The van der Waals surface area contributed by atoms with Gasteiger partial charge in [0.1, 0.15) is 5.82 Å². The second kappa shape index (κ2) is 7.78. The van der Waals surface area contributed by atoms with E-state index in [2.05, 4.69) is 14.8 Å². The van der Waals surface area contributed by atoms with Crippen molar-refractivity contribution in [1.82, 2.24) is 24.1 Å². The zero-order valence-corrected chi connectivity index (χ0v) is 16.7. The molecule has 0 atom stereocenters. The van der Waals surface area contributed by atoms with Crippen molar-refractivity contribution in [2.24, 2.45) is 0 Å². The molecule has 10 heteroatoms. The Hall–Kier alpha value is -2.01. The number of sulfonamides is 1. The summed E-state index contributed by atoms with van der Waals surface area (Å²) in [5, 5.41) is 2.82. The average Bonchev–Trinajstić information content (AvgIpc) is 3.04. The van der Waals surface area contributed by atoms with E-state index in [1.807, 2.05) is 13.0 Å². The van der Waals surface area contributed by atoms with Gasteiger partial charge in [-0.1, -0.05) is 0 Å². The van der Waals surface area contributed by atoms with Gasteiger partial charge in [0.05, 0.1) is 42.2 Å². The Kier molecular flexibility index (Phi) is 5.37. The molecule has 4 rings (SSSR count). The Balaban J connectivity index is 1.65. The maximum Gasteiger partial charge on any atom is 0.243 e. The molecule has 3 heterocycles. The molecule has 2 saturated heterocycles. The highest BCUT2D eigenvalue weighted by Gasteiger charge is 2.27. The standard InChI is InChI=1S/C18H25N5O4S/c1-2-23-16-4-3-14(28(25,26)22-7-9-27-10-8-22)11-15(16)20-17(23)12-21-6-5-19-18(24)13-21/h3-4,11H,2,5-10,12-13H2,1H3,(H,19,24). The van der Waals surface area contributed by atoms with E-state index in [-0.39, 0.29) is 10.8 Å². The predicted octanol–water partition coefficient (Wildman–Crippen LogP) is 0.00890. The van der Waals surface area contributed by atoms with Crippen LogP contribution in [0.15, 0.2) is 23.1 Å². The van der Waals surface area contributed by atoms with Crippen molar-refractivity contribution in [3.63, 3.8) is 0 Å². The third-order valence-electron chi connectivity index (χ3n) is 5.21. The molecule has 0 unspecified atom stereocenters. The first-order valence-corrected chi connectivity index (χ1v) is 11.0. The summed E-state index contributed by atoms with van der Waals surface area (Å²) >= 11 is 0. The number of hydrogen-bond acceptors (Lipinski definition) is 6. The Labute approximate surface area is 164 Å². The summed E-state index contributed by atoms with van der Waals surface area (Å²) in [4.78, 5) is 18.6. The van der Waals surface area contributed by atoms with Crippen LogP contribution in [-0.4, -0.2) is 79.0 Å². The van der Waals surface area contributed by atoms with Gasteiger partial charge in [-0.2, -0.15) is 4.31 Å². The zero-order chi connectivity index (χ0) is 19.7. The highest BCUT2D eigenvalue weighted by atomic mass is 32.2. The molecule has 28 heavy (non-hydrogen) atoms. The van der Waals surface area contributed by atoms with Gasteiger partial charge in [0.15, 0.2) is 0 Å². The van der Waals surface area contributed by atoms with Crippen molar-refractivity contribution >= 4 is 27.0 Å². The summed E-state index contributed by atoms with van der Waals surface area (Å²) in [7, 11) is -3.56. The number of fused-ring (bicyclic) bond motifs is 1. The number of ether oxygens (including phenoxy) is 1. The number of hydrogen-bond donors (Lipinski definition) is 1. The summed E-state index contributed by atoms with van der Waals surface area (Å²) < 4.78 is 34.7. The van der Waals surface area contributed by atoms with Crippen molar-refractivity contribution in [2.45, 2.75) is 24.9 Å². The molecular formula is C18H25N5O4S. The lowest BCUT2D eigenvalue weighted by Gasteiger charge is -2.26. The molecule has 0 bridgehead atoms. The van der Waals surface area contributed by atoms with Crippen LogP contribution in [0.3, 0.4) is 0 Å². The summed E-state index contributed by atoms with van der Waals surface area (Å²) in [5.74, 6) is 0.859. The molecule has 2 fully saturated rings. The minimum Gasteiger partial charge on any atom is -0.379 e. The Morgan fingerprint density at radius 3 is 2.71 bits per heavy atom. The lowest BCUT2D eigenvalue weighted by atomic mass is 10.3. The van der Waals surface area contributed by atoms with E-state index in [9.17, 15) is 13.2 Å². The first kappa shape index (κ1) is 19.3. The second-order valence-electron chi connectivity index (χ2n) is 7.00. The molecule has 1 amide bonds. The van der Waals surface area contributed by atoms with Gasteiger partial charge in [-0.3, -0.25) is 9.69 Å². The van der Waals surface area contributed by atoms with E-state index in [1.54, 1.807) is 12.1 Å². The topological polar surface area (TPSA) is 96.8 Å². The SMILES string of the molecule is CCn1c(CN2CCNC(=O)C2)nc2cc(S(=O)(=O)N3CCOCC3)ccc21. The smallest absolute Gasteiger partial charge is 0.243 e. The molecule has 0 spiro atoms. The molecule has 1 N–H and O–H groups in total. The average molecular weight is 407 g/mol. The lowest BCUT2D eigenvalue weighted by molar-refractivity contribution is -0.124. The van der Waals surface area contributed by atoms with Crippen LogP contribution in [0.25, 0.3) is 11.0 Å². The lowest BCUT2D eigenvalue weighted by Crippen LogP contribution is -2.47. The minimum absolute atomic E-state index is 0.0179. The van der Waals surface area contributed by atoms with Gasteiger partial charge in [0.25, 0.3) is 0 Å². The van der Waals surface area contributed by atoms with Crippen LogP contribution >= 0.6 is 0 Å². The third kappa shape index (κ3) is 3.64. The molecule has 2 aliphatic rings. The maximum atomic E-state index is 12.9. The zero-order valence-electron chi connectivity index (χ0n) is 15.9. The highest BCUT2D eigenvalue weighted by molar-refractivity contribution is 7.89. The molecule has 152 valence electrons. The van der Waals surface area contributed by atoms with Gasteiger partial charge in [-0.05, 0) is 25.1 Å². The molecule has 2 aliphatic heterocycles. The summed E-state index contributed by atoms with van der Waals surface area (Å²) in [5.41, 5.74) is 1.56. The monoisotopic (exact) mass is 407 g/mol. The molecule has 0 aliphatic carbocycles. The Morgan fingerprint density at radius 2 is 2.00 bits per heavy atom. The number of nitrogens with one attached hydrogen (secondary N) is 1. The second-order valence-corrected chi connectivity index (χ2v) is 8.94. The first-order valence-electron chi connectivity index (χ1n) is 9.55. The van der Waals surface area contributed by atoms with Crippen molar-refractivity contribution in [3.8, 4) is 0 Å². The fraction of sp³-hybridized carbons (Fsp3) is 0.556. The number of benzene rings is 1. The van der Waals surface area contributed by atoms with Crippen LogP contribution in [0.1, 0.15) is 12.7 Å². The summed E-state index contributed by atoms with van der Waals surface area (Å²) in [6, 6.07) is 5.13. The number of carbonyl (C=O) groups is 1. The van der Waals surface area contributed by atoms with E-state index >= 15 is 0 Å². The quantitative estimate of drug-likeness (QED) is 0.750. The van der Waals surface area contributed by atoms with E-state index in [1.165, 1.54) is 4.31 Å². The number of piperazine rings is 1. The minimum atomic E-state index is -3.56. The van der Waals surface area contributed by atoms with Gasteiger partial charge in [-0.25, -0.2) is 13.4 Å². The largest absolute Gasteiger partial charge is 0.379 e. The van der Waals surface area contributed by atoms with E-state index in [4.69, 9.17) is 9.72 Å². The number of imidazole rings is 1. The van der Waals surface area contributed by atoms with Crippen LogP contribution in [0.2, 0.25) is 0 Å². The van der Waals surface area contributed by atoms with Gasteiger partial charge >= 0.3 is 0 Å². The van der Waals surface area contributed by atoms with Gasteiger partial charge in [0.2, 0.25) is 15.9 Å². The van der Waals surface area contributed by atoms with Crippen molar-refractivity contribution in [3.05, 3.63) is 24.0 Å².